The minimum atomic E-state index is -2.97. The van der Waals surface area contributed by atoms with E-state index in [4.69, 9.17) is 0 Å². The molecule has 1 saturated heterocycles. The first-order chi connectivity index (χ1) is 10.1. The van der Waals surface area contributed by atoms with Crippen molar-refractivity contribution < 1.29 is 8.42 Å². The molecular weight excluding hydrogens is 284 g/mol. The highest BCUT2D eigenvalue weighted by molar-refractivity contribution is 7.93. The summed E-state index contributed by atoms with van der Waals surface area (Å²) in [6.45, 7) is 0. The molecule has 2 aromatic rings. The van der Waals surface area contributed by atoms with Crippen LogP contribution in [0.2, 0.25) is 0 Å². The fraction of sp³-hybridized carbons (Fsp3) is 0.375. The first kappa shape index (κ1) is 13.0. The Balaban J connectivity index is 1.80. The molecule has 108 valence electrons. The zero-order valence-electron chi connectivity index (χ0n) is 11.6. The second kappa shape index (κ2) is 4.63. The maximum absolute atomic E-state index is 12.3. The summed E-state index contributed by atoms with van der Waals surface area (Å²) in [5, 5.41) is -0.558. The number of rotatable bonds is 1. The minimum absolute atomic E-state index is 0.232. The Morgan fingerprint density at radius 3 is 2.71 bits per heavy atom. The van der Waals surface area contributed by atoms with Crippen molar-refractivity contribution in [3.05, 3.63) is 42.2 Å². The monoisotopic (exact) mass is 300 g/mol. The van der Waals surface area contributed by atoms with Gasteiger partial charge in [-0.15, -0.1) is 0 Å². The van der Waals surface area contributed by atoms with E-state index in [9.17, 15) is 8.42 Å². The molecule has 4 rings (SSSR count). The summed E-state index contributed by atoms with van der Waals surface area (Å²) >= 11 is 0. The standard InChI is InChI=1S/C16H16N2O2S/c19-21(20)12-4-3-5-13(21)9-11(8-12)16-10-17-14-6-1-2-7-15(14)18-16/h1-2,6-8,10,12-13H,3-5,9H2. The van der Waals surface area contributed by atoms with E-state index in [0.29, 0.717) is 6.42 Å². The van der Waals surface area contributed by atoms with Gasteiger partial charge in [-0.25, -0.2) is 13.4 Å². The minimum Gasteiger partial charge on any atom is -0.252 e. The van der Waals surface area contributed by atoms with Gasteiger partial charge < -0.3 is 0 Å². The molecule has 1 aromatic carbocycles. The summed E-state index contributed by atoms with van der Waals surface area (Å²) in [6, 6.07) is 7.75. The number of para-hydroxylation sites is 2. The lowest BCUT2D eigenvalue weighted by Crippen LogP contribution is -2.38. The quantitative estimate of drug-likeness (QED) is 0.812. The van der Waals surface area contributed by atoms with Crippen molar-refractivity contribution in [3.63, 3.8) is 0 Å². The zero-order valence-corrected chi connectivity index (χ0v) is 12.4. The fourth-order valence-corrected chi connectivity index (χ4v) is 5.61. The third kappa shape index (κ3) is 2.07. The summed E-state index contributed by atoms with van der Waals surface area (Å²) in [6.07, 6.45) is 6.76. The Labute approximate surface area is 123 Å². The lowest BCUT2D eigenvalue weighted by Gasteiger charge is -2.33. The highest BCUT2D eigenvalue weighted by Gasteiger charge is 2.40. The van der Waals surface area contributed by atoms with Crippen LogP contribution in [0, 0.1) is 0 Å². The summed E-state index contributed by atoms with van der Waals surface area (Å²) in [5.41, 5.74) is 3.58. The predicted octanol–water partition coefficient (Wildman–Crippen LogP) is 2.75. The smallest absolute Gasteiger partial charge is 0.159 e. The van der Waals surface area contributed by atoms with Crippen LogP contribution in [0.4, 0.5) is 0 Å². The third-order valence-electron chi connectivity index (χ3n) is 4.51. The highest BCUT2D eigenvalue weighted by atomic mass is 32.2. The Hall–Kier alpha value is -1.75. The number of fused-ring (bicyclic) bond motifs is 3. The van der Waals surface area contributed by atoms with Gasteiger partial charge in [-0.2, -0.15) is 0 Å². The van der Waals surface area contributed by atoms with E-state index in [-0.39, 0.29) is 10.5 Å². The van der Waals surface area contributed by atoms with Crippen LogP contribution in [0.15, 0.2) is 36.5 Å². The lowest BCUT2D eigenvalue weighted by molar-refractivity contribution is 0.517. The van der Waals surface area contributed by atoms with Crippen LogP contribution in [0.3, 0.4) is 0 Å². The highest BCUT2D eigenvalue weighted by Crippen LogP contribution is 2.38. The third-order valence-corrected chi connectivity index (χ3v) is 7.06. The maximum atomic E-state index is 12.3. The van der Waals surface area contributed by atoms with E-state index in [1.807, 2.05) is 30.3 Å². The molecule has 0 aliphatic carbocycles. The van der Waals surface area contributed by atoms with Gasteiger partial charge in [0, 0.05) is 0 Å². The first-order valence-electron chi connectivity index (χ1n) is 7.30. The molecule has 2 bridgehead atoms. The van der Waals surface area contributed by atoms with Crippen molar-refractivity contribution in [2.24, 2.45) is 0 Å². The van der Waals surface area contributed by atoms with Crippen LogP contribution in [0.1, 0.15) is 31.4 Å². The Kier molecular flexibility index (Phi) is 2.85. The van der Waals surface area contributed by atoms with Crippen molar-refractivity contribution in [2.75, 3.05) is 0 Å². The Morgan fingerprint density at radius 2 is 1.90 bits per heavy atom. The van der Waals surface area contributed by atoms with Gasteiger partial charge in [0.1, 0.15) is 0 Å². The second-order valence-corrected chi connectivity index (χ2v) is 8.27. The molecule has 5 heteroatoms. The number of benzene rings is 1. The Morgan fingerprint density at radius 1 is 1.10 bits per heavy atom. The molecule has 21 heavy (non-hydrogen) atoms. The van der Waals surface area contributed by atoms with E-state index in [1.165, 1.54) is 0 Å². The van der Waals surface area contributed by atoms with Crippen molar-refractivity contribution in [2.45, 2.75) is 36.2 Å². The van der Waals surface area contributed by atoms with Crippen LogP contribution in [0.25, 0.3) is 16.6 Å². The molecule has 0 saturated carbocycles. The predicted molar refractivity (Wildman–Crippen MR) is 82.5 cm³/mol. The summed E-state index contributed by atoms with van der Waals surface area (Å²) in [4.78, 5) is 9.08. The average molecular weight is 300 g/mol. The van der Waals surface area contributed by atoms with E-state index < -0.39 is 9.84 Å². The molecule has 4 nitrogen and oxygen atoms in total. The number of hydrogen-bond donors (Lipinski definition) is 0. The first-order valence-corrected chi connectivity index (χ1v) is 8.91. The molecule has 2 atom stereocenters. The van der Waals surface area contributed by atoms with Crippen LogP contribution in [-0.4, -0.2) is 28.9 Å². The normalized spacial score (nSPS) is 27.3. The van der Waals surface area contributed by atoms with E-state index in [1.54, 1.807) is 6.20 Å². The average Bonchev–Trinajstić information content (AvgIpc) is 2.45. The molecule has 0 radical (unpaired) electrons. The van der Waals surface area contributed by atoms with Gasteiger partial charge in [-0.1, -0.05) is 24.6 Å². The SMILES string of the molecule is O=S1(=O)C2C=C(c3cnc4ccccc4n3)CC1CCC2. The molecule has 1 fully saturated rings. The van der Waals surface area contributed by atoms with Gasteiger partial charge in [0.25, 0.3) is 0 Å². The lowest BCUT2D eigenvalue weighted by atomic mass is 9.96. The van der Waals surface area contributed by atoms with Gasteiger partial charge in [-0.3, -0.25) is 4.98 Å². The maximum Gasteiger partial charge on any atom is 0.159 e. The molecule has 2 aliphatic heterocycles. The number of aromatic nitrogens is 2. The molecule has 0 N–H and O–H groups in total. The number of nitrogens with zero attached hydrogens (tertiary/aromatic N) is 2. The number of allylic oxidation sites excluding steroid dienone is 1. The van der Waals surface area contributed by atoms with Crippen LogP contribution >= 0.6 is 0 Å². The largest absolute Gasteiger partial charge is 0.252 e. The molecule has 1 aromatic heterocycles. The fourth-order valence-electron chi connectivity index (χ4n) is 3.36. The van der Waals surface area contributed by atoms with Gasteiger partial charge in [-0.05, 0) is 37.0 Å². The van der Waals surface area contributed by atoms with E-state index in [2.05, 4.69) is 9.97 Å². The molecular formula is C16H16N2O2S. The van der Waals surface area contributed by atoms with Crippen molar-refractivity contribution in [1.82, 2.24) is 9.97 Å². The number of sulfone groups is 1. The Bertz CT molecular complexity index is 842. The summed E-state index contributed by atoms with van der Waals surface area (Å²) in [7, 11) is -2.97. The van der Waals surface area contributed by atoms with Crippen molar-refractivity contribution >= 4 is 26.4 Å². The van der Waals surface area contributed by atoms with Gasteiger partial charge in [0.05, 0.1) is 33.4 Å². The van der Waals surface area contributed by atoms with E-state index in [0.717, 1.165) is 41.6 Å². The van der Waals surface area contributed by atoms with Crippen LogP contribution < -0.4 is 0 Å². The summed E-state index contributed by atoms with van der Waals surface area (Å²) < 4.78 is 24.6. The molecule has 0 amide bonds. The van der Waals surface area contributed by atoms with Gasteiger partial charge in [0.2, 0.25) is 0 Å². The topological polar surface area (TPSA) is 59.9 Å². The number of hydrogen-bond acceptors (Lipinski definition) is 4. The zero-order chi connectivity index (χ0) is 14.4. The van der Waals surface area contributed by atoms with Crippen LogP contribution in [0.5, 0.6) is 0 Å². The van der Waals surface area contributed by atoms with Crippen molar-refractivity contribution in [1.29, 1.82) is 0 Å². The second-order valence-electron chi connectivity index (χ2n) is 5.82. The van der Waals surface area contributed by atoms with Crippen molar-refractivity contribution in [3.8, 4) is 0 Å². The van der Waals surface area contributed by atoms with Gasteiger partial charge >= 0.3 is 0 Å². The summed E-state index contributed by atoms with van der Waals surface area (Å²) in [5.74, 6) is 0. The molecule has 0 spiro atoms. The molecule has 3 heterocycles. The molecule has 2 aliphatic rings. The molecule has 2 unspecified atom stereocenters. The van der Waals surface area contributed by atoms with Crippen LogP contribution in [-0.2, 0) is 9.84 Å². The van der Waals surface area contributed by atoms with Gasteiger partial charge in [0.15, 0.2) is 9.84 Å². The van der Waals surface area contributed by atoms with E-state index >= 15 is 0 Å².